The van der Waals surface area contributed by atoms with Gasteiger partial charge in [-0.3, -0.25) is 4.79 Å². The number of para-hydroxylation sites is 2. The van der Waals surface area contributed by atoms with Crippen molar-refractivity contribution in [1.82, 2.24) is 14.9 Å². The molecule has 5 rings (SSSR count). The average Bonchev–Trinajstić information content (AvgIpc) is 3.23. The summed E-state index contributed by atoms with van der Waals surface area (Å²) in [6, 6.07) is 32.4. The van der Waals surface area contributed by atoms with Gasteiger partial charge >= 0.3 is 0 Å². The van der Waals surface area contributed by atoms with Crippen molar-refractivity contribution in [2.75, 3.05) is 0 Å². The Bertz CT molecular complexity index is 1450. The summed E-state index contributed by atoms with van der Waals surface area (Å²) in [5.74, 6) is 0.709. The number of fused-ring (bicyclic) bond motifs is 1. The van der Waals surface area contributed by atoms with Crippen molar-refractivity contribution < 1.29 is 4.79 Å². The van der Waals surface area contributed by atoms with Crippen molar-refractivity contribution in [2.24, 2.45) is 0 Å². The fraction of sp³-hybridized carbons (Fsp3) is 0.103. The van der Waals surface area contributed by atoms with Crippen LogP contribution in [0, 0.1) is 0 Å². The molecule has 174 valence electrons. The summed E-state index contributed by atoms with van der Waals surface area (Å²) in [5.41, 5.74) is 4.33. The maximum atomic E-state index is 13.1. The molecule has 4 aromatic carbocycles. The second-order valence-electron chi connectivity index (χ2n) is 8.31. The van der Waals surface area contributed by atoms with Gasteiger partial charge in [-0.2, -0.15) is 0 Å². The fourth-order valence-electron chi connectivity index (χ4n) is 4.25. The zero-order valence-corrected chi connectivity index (χ0v) is 20.4. The molecule has 0 saturated heterocycles. The molecule has 0 aliphatic heterocycles. The zero-order valence-electron chi connectivity index (χ0n) is 18.9. The van der Waals surface area contributed by atoms with Gasteiger partial charge in [-0.1, -0.05) is 89.9 Å². The molecule has 6 heteroatoms. The molecule has 0 aliphatic rings. The first kappa shape index (κ1) is 23.2. The molecule has 0 bridgehead atoms. The van der Waals surface area contributed by atoms with E-state index in [2.05, 4.69) is 9.88 Å². The summed E-state index contributed by atoms with van der Waals surface area (Å²) >= 11 is 13.0. The molecule has 4 nitrogen and oxygen atoms in total. The van der Waals surface area contributed by atoms with Gasteiger partial charge in [-0.25, -0.2) is 4.98 Å². The van der Waals surface area contributed by atoms with Gasteiger partial charge in [0.1, 0.15) is 5.82 Å². The summed E-state index contributed by atoms with van der Waals surface area (Å²) in [6.07, 6.45) is 0.499. The van der Waals surface area contributed by atoms with E-state index >= 15 is 0 Å². The van der Waals surface area contributed by atoms with E-state index in [9.17, 15) is 4.79 Å². The van der Waals surface area contributed by atoms with Gasteiger partial charge in [-0.05, 0) is 42.0 Å². The number of aromatic nitrogens is 2. The van der Waals surface area contributed by atoms with E-state index in [1.165, 1.54) is 0 Å². The molecule has 1 amide bonds. The number of imidazole rings is 1. The first-order chi connectivity index (χ1) is 17.1. The average molecular weight is 500 g/mol. The molecule has 0 saturated carbocycles. The lowest BCUT2D eigenvalue weighted by Gasteiger charge is -2.20. The molecule has 0 unspecified atom stereocenters. The highest BCUT2D eigenvalue weighted by Gasteiger charge is 2.21. The Balaban J connectivity index is 1.54. The molecule has 1 N–H and O–H groups in total. The predicted molar refractivity (Wildman–Crippen MR) is 142 cm³/mol. The highest BCUT2D eigenvalue weighted by Crippen LogP contribution is 2.29. The summed E-state index contributed by atoms with van der Waals surface area (Å²) in [7, 11) is 0. The number of halogens is 2. The number of nitrogens with one attached hydrogen (secondary N) is 1. The lowest BCUT2D eigenvalue weighted by atomic mass is 10.0. The zero-order chi connectivity index (χ0) is 24.2. The van der Waals surface area contributed by atoms with Crippen LogP contribution in [0.1, 0.15) is 33.4 Å². The van der Waals surface area contributed by atoms with Crippen molar-refractivity contribution in [3.8, 4) is 0 Å². The second-order valence-corrected chi connectivity index (χ2v) is 9.12. The Kier molecular flexibility index (Phi) is 6.84. The first-order valence-corrected chi connectivity index (χ1v) is 12.1. The fourth-order valence-corrected chi connectivity index (χ4v) is 4.77. The van der Waals surface area contributed by atoms with Crippen molar-refractivity contribution >= 4 is 40.1 Å². The Morgan fingerprint density at radius 2 is 1.43 bits per heavy atom. The van der Waals surface area contributed by atoms with Gasteiger partial charge in [-0.15, -0.1) is 0 Å². The van der Waals surface area contributed by atoms with Gasteiger partial charge in [0.05, 0.1) is 23.6 Å². The number of hydrogen-bond acceptors (Lipinski definition) is 2. The number of rotatable bonds is 7. The summed E-state index contributed by atoms with van der Waals surface area (Å²) in [5, 5.41) is 4.43. The van der Waals surface area contributed by atoms with E-state index < -0.39 is 0 Å². The van der Waals surface area contributed by atoms with E-state index in [0.717, 1.165) is 28.0 Å². The van der Waals surface area contributed by atoms with Gasteiger partial charge in [0.25, 0.3) is 5.91 Å². The van der Waals surface area contributed by atoms with E-state index in [4.69, 9.17) is 28.2 Å². The minimum absolute atomic E-state index is 0.128. The molecule has 35 heavy (non-hydrogen) atoms. The van der Waals surface area contributed by atoms with Gasteiger partial charge in [0.2, 0.25) is 0 Å². The van der Waals surface area contributed by atoms with E-state index in [1.807, 2.05) is 103 Å². The van der Waals surface area contributed by atoms with Crippen LogP contribution in [0.2, 0.25) is 10.0 Å². The number of benzene rings is 4. The molecule has 1 heterocycles. The quantitative estimate of drug-likeness (QED) is 0.259. The number of hydrogen-bond donors (Lipinski definition) is 1. The Morgan fingerprint density at radius 3 is 2.14 bits per heavy atom. The monoisotopic (exact) mass is 499 g/mol. The normalized spacial score (nSPS) is 11.9. The second kappa shape index (κ2) is 10.3. The summed E-state index contributed by atoms with van der Waals surface area (Å²) in [6.45, 7) is 0.475. The summed E-state index contributed by atoms with van der Waals surface area (Å²) in [4.78, 5) is 18.0. The van der Waals surface area contributed by atoms with Crippen molar-refractivity contribution in [1.29, 1.82) is 0 Å². The van der Waals surface area contributed by atoms with E-state index in [1.54, 1.807) is 0 Å². The minimum Gasteiger partial charge on any atom is -0.345 e. The Hall–Kier alpha value is -3.60. The van der Waals surface area contributed by atoms with Crippen LogP contribution in [0.25, 0.3) is 11.0 Å². The smallest absolute Gasteiger partial charge is 0.251 e. The molecule has 0 spiro atoms. The number of carbonyl (C=O) groups excluding carboxylic acids is 1. The molecular formula is C29H23Cl2N3O. The summed E-state index contributed by atoms with van der Waals surface area (Å²) < 4.78 is 2.13. The highest BCUT2D eigenvalue weighted by molar-refractivity contribution is 6.36. The van der Waals surface area contributed by atoms with Crippen LogP contribution in [0.15, 0.2) is 103 Å². The third kappa shape index (κ3) is 5.09. The molecular weight excluding hydrogens is 477 g/mol. The lowest BCUT2D eigenvalue weighted by Crippen LogP contribution is -2.30. The molecule has 1 aromatic heterocycles. The maximum absolute atomic E-state index is 13.1. The standard InChI is InChI=1S/C29H23Cl2N3O/c30-23-14-9-15-24(31)22(23)19-34-27-17-8-7-16-25(27)32-28(34)18-26(20-10-3-1-4-11-20)33-29(35)21-12-5-2-6-13-21/h1-17,26H,18-19H2,(H,33,35)/t26-/m0/s1. The Labute approximate surface area is 214 Å². The van der Waals surface area contributed by atoms with Crippen LogP contribution >= 0.6 is 23.2 Å². The van der Waals surface area contributed by atoms with Crippen LogP contribution in [-0.4, -0.2) is 15.5 Å². The number of nitrogens with zero attached hydrogens (tertiary/aromatic N) is 2. The van der Waals surface area contributed by atoms with Gasteiger partial charge in [0.15, 0.2) is 0 Å². The topological polar surface area (TPSA) is 46.9 Å². The molecule has 5 aromatic rings. The van der Waals surface area contributed by atoms with Crippen molar-refractivity contribution in [3.63, 3.8) is 0 Å². The van der Waals surface area contributed by atoms with Gasteiger partial charge < -0.3 is 9.88 Å². The van der Waals surface area contributed by atoms with Crippen LogP contribution in [0.5, 0.6) is 0 Å². The largest absolute Gasteiger partial charge is 0.345 e. The molecule has 0 fully saturated rings. The SMILES string of the molecule is O=C(N[C@@H](Cc1nc2ccccc2n1Cc1c(Cl)cccc1Cl)c1ccccc1)c1ccccc1. The maximum Gasteiger partial charge on any atom is 0.251 e. The number of amides is 1. The minimum atomic E-state index is -0.277. The van der Waals surface area contributed by atoms with E-state index in [0.29, 0.717) is 28.6 Å². The van der Waals surface area contributed by atoms with Crippen LogP contribution in [-0.2, 0) is 13.0 Å². The Morgan fingerprint density at radius 1 is 0.800 bits per heavy atom. The molecule has 0 radical (unpaired) electrons. The predicted octanol–water partition coefficient (Wildman–Crippen LogP) is 7.11. The first-order valence-electron chi connectivity index (χ1n) is 11.4. The number of carbonyl (C=O) groups is 1. The third-order valence-corrected chi connectivity index (χ3v) is 6.75. The van der Waals surface area contributed by atoms with Crippen LogP contribution in [0.3, 0.4) is 0 Å². The van der Waals surface area contributed by atoms with Crippen molar-refractivity contribution in [2.45, 2.75) is 19.0 Å². The lowest BCUT2D eigenvalue weighted by molar-refractivity contribution is 0.0936. The van der Waals surface area contributed by atoms with E-state index in [-0.39, 0.29) is 11.9 Å². The molecule has 0 aliphatic carbocycles. The third-order valence-electron chi connectivity index (χ3n) is 6.04. The van der Waals surface area contributed by atoms with Gasteiger partial charge in [0, 0.05) is 27.6 Å². The highest BCUT2D eigenvalue weighted by atomic mass is 35.5. The van der Waals surface area contributed by atoms with Crippen LogP contribution < -0.4 is 5.32 Å². The molecule has 1 atom stereocenters. The van der Waals surface area contributed by atoms with Crippen molar-refractivity contribution in [3.05, 3.63) is 136 Å². The van der Waals surface area contributed by atoms with Crippen LogP contribution in [0.4, 0.5) is 0 Å².